The molecule has 8 nitrogen and oxygen atoms in total. The lowest BCUT2D eigenvalue weighted by Crippen LogP contribution is -2.29. The van der Waals surface area contributed by atoms with Crippen LogP contribution in [0.1, 0.15) is 33.2 Å². The van der Waals surface area contributed by atoms with Gasteiger partial charge in [-0.25, -0.2) is 9.18 Å². The van der Waals surface area contributed by atoms with E-state index in [2.05, 4.69) is 4.98 Å². The summed E-state index contributed by atoms with van der Waals surface area (Å²) < 4.78 is 23.2. The van der Waals surface area contributed by atoms with Gasteiger partial charge in [-0.15, -0.1) is 0 Å². The number of phenolic OH excluding ortho intramolecular Hbond substituents is 1. The van der Waals surface area contributed by atoms with Crippen molar-refractivity contribution in [1.82, 2.24) is 9.88 Å². The first kappa shape index (κ1) is 19.3. The number of hydrogen-bond acceptors (Lipinski definition) is 7. The Morgan fingerprint density at radius 3 is 2.53 bits per heavy atom. The van der Waals surface area contributed by atoms with Crippen LogP contribution in [0.4, 0.5) is 9.18 Å². The van der Waals surface area contributed by atoms with Gasteiger partial charge >= 0.3 is 6.16 Å². The number of pyridine rings is 1. The molecule has 1 N–H and O–H groups in total. The van der Waals surface area contributed by atoms with Crippen LogP contribution in [-0.2, 0) is 11.3 Å². The van der Waals surface area contributed by atoms with Crippen LogP contribution < -0.4 is 4.74 Å². The largest absolute Gasteiger partial charge is 0.513 e. The number of hydrogen-bond donors (Lipinski definition) is 1. The Hall–Kier alpha value is -4.01. The summed E-state index contributed by atoms with van der Waals surface area (Å²) in [4.78, 5) is 43.0. The highest BCUT2D eigenvalue weighted by Gasteiger charge is 2.43. The molecule has 0 saturated heterocycles. The minimum atomic E-state index is -1.07. The fourth-order valence-corrected chi connectivity index (χ4v) is 3.28. The molecule has 9 heteroatoms. The lowest BCUT2D eigenvalue weighted by Gasteiger charge is -2.14. The summed E-state index contributed by atoms with van der Waals surface area (Å²) in [5.41, 5.74) is -0.0340. The monoisotopic (exact) mass is 410 g/mol. The van der Waals surface area contributed by atoms with E-state index in [-0.39, 0.29) is 40.9 Å². The van der Waals surface area contributed by atoms with E-state index in [1.807, 2.05) is 0 Å². The Morgan fingerprint density at radius 1 is 1.13 bits per heavy atom. The van der Waals surface area contributed by atoms with Gasteiger partial charge < -0.3 is 14.6 Å². The van der Waals surface area contributed by atoms with Gasteiger partial charge in [0.25, 0.3) is 11.8 Å². The van der Waals surface area contributed by atoms with Crippen molar-refractivity contribution < 1.29 is 33.4 Å². The molecular weight excluding hydrogens is 395 g/mol. The second kappa shape index (κ2) is 7.43. The number of phenols is 1. The average molecular weight is 410 g/mol. The van der Waals surface area contributed by atoms with Crippen molar-refractivity contribution in [2.75, 3.05) is 6.61 Å². The van der Waals surface area contributed by atoms with Gasteiger partial charge in [0.2, 0.25) is 0 Å². The normalized spacial score (nSPS) is 12.9. The number of carbonyl (C=O) groups is 3. The third kappa shape index (κ3) is 3.10. The minimum Gasteiger partial charge on any atom is -0.506 e. The third-order valence-corrected chi connectivity index (χ3v) is 4.61. The molecule has 1 aliphatic heterocycles. The molecule has 2 heterocycles. The fourth-order valence-electron chi connectivity index (χ4n) is 3.28. The first-order chi connectivity index (χ1) is 14.4. The molecule has 0 saturated carbocycles. The van der Waals surface area contributed by atoms with Crippen LogP contribution in [0.5, 0.6) is 11.5 Å². The summed E-state index contributed by atoms with van der Waals surface area (Å²) in [6, 6.07) is 8.30. The fraction of sp³-hybridized carbons (Fsp3) is 0.143. The van der Waals surface area contributed by atoms with Crippen molar-refractivity contribution in [2.24, 2.45) is 0 Å². The van der Waals surface area contributed by atoms with Gasteiger partial charge in [0.15, 0.2) is 5.75 Å². The maximum Gasteiger partial charge on any atom is 0.513 e. The van der Waals surface area contributed by atoms with E-state index >= 15 is 0 Å². The van der Waals surface area contributed by atoms with Crippen molar-refractivity contribution in [3.63, 3.8) is 0 Å². The molecule has 152 valence electrons. The maximum absolute atomic E-state index is 13.2. The third-order valence-electron chi connectivity index (χ3n) is 4.61. The van der Waals surface area contributed by atoms with Crippen LogP contribution in [0.2, 0.25) is 0 Å². The van der Waals surface area contributed by atoms with Gasteiger partial charge in [0.05, 0.1) is 18.7 Å². The van der Waals surface area contributed by atoms with Crippen LogP contribution in [0.25, 0.3) is 10.9 Å². The number of aromatic nitrogens is 1. The molecule has 0 aliphatic carbocycles. The number of halogens is 1. The molecule has 0 unspecified atom stereocenters. The number of ether oxygens (including phenoxy) is 2. The van der Waals surface area contributed by atoms with E-state index in [0.717, 1.165) is 4.90 Å². The molecule has 2 amide bonds. The SMILES string of the molecule is CCOC(=O)Oc1c2c(c(O)c3cccnc13)C(=O)N(Cc1ccc(F)cc1)C2=O. The number of amides is 2. The molecule has 0 atom stereocenters. The standard InChI is InChI=1S/C21H15FN2O6/c1-2-29-21(28)30-18-15-14(17(25)13-4-3-9-23-16(13)18)19(26)24(20(15)27)10-11-5-7-12(22)8-6-11/h3-9,25H,2,10H2,1H3. The summed E-state index contributed by atoms with van der Waals surface area (Å²) in [5, 5.41) is 10.8. The quantitative estimate of drug-likeness (QED) is 0.399. The lowest BCUT2D eigenvalue weighted by molar-refractivity contribution is 0.0641. The number of imide groups is 1. The van der Waals surface area contributed by atoms with Crippen LogP contribution >= 0.6 is 0 Å². The highest BCUT2D eigenvalue weighted by atomic mass is 19.1. The molecule has 0 spiro atoms. The topological polar surface area (TPSA) is 106 Å². The van der Waals surface area contributed by atoms with Gasteiger partial charge in [0.1, 0.15) is 22.6 Å². The first-order valence-electron chi connectivity index (χ1n) is 9.01. The number of aromatic hydroxyl groups is 1. The summed E-state index contributed by atoms with van der Waals surface area (Å²) in [5.74, 6) is -2.71. The van der Waals surface area contributed by atoms with Crippen LogP contribution in [0.15, 0.2) is 42.6 Å². The van der Waals surface area contributed by atoms with Gasteiger partial charge in [-0.2, -0.15) is 0 Å². The molecule has 1 aliphatic rings. The second-order valence-corrected chi connectivity index (χ2v) is 6.44. The zero-order valence-electron chi connectivity index (χ0n) is 15.7. The number of benzene rings is 2. The molecule has 2 aromatic carbocycles. The molecule has 0 fully saturated rings. The Kier molecular flexibility index (Phi) is 4.78. The highest BCUT2D eigenvalue weighted by Crippen LogP contribution is 2.44. The first-order valence-corrected chi connectivity index (χ1v) is 9.01. The lowest BCUT2D eigenvalue weighted by atomic mass is 10.0. The van der Waals surface area contributed by atoms with Crippen molar-refractivity contribution in [1.29, 1.82) is 0 Å². The number of nitrogens with zero attached hydrogens (tertiary/aromatic N) is 2. The van der Waals surface area contributed by atoms with E-state index < -0.39 is 29.5 Å². The number of carbonyl (C=O) groups excluding carboxylic acids is 3. The van der Waals surface area contributed by atoms with Crippen LogP contribution in [-0.4, -0.2) is 39.6 Å². The summed E-state index contributed by atoms with van der Waals surface area (Å²) >= 11 is 0. The molecule has 1 aromatic heterocycles. The predicted molar refractivity (Wildman–Crippen MR) is 102 cm³/mol. The van der Waals surface area contributed by atoms with E-state index in [9.17, 15) is 23.9 Å². The van der Waals surface area contributed by atoms with Crippen molar-refractivity contribution in [3.05, 3.63) is 65.1 Å². The molecular formula is C21H15FN2O6. The number of fused-ring (bicyclic) bond motifs is 2. The Labute approximate surface area is 169 Å². The Morgan fingerprint density at radius 2 is 1.83 bits per heavy atom. The van der Waals surface area contributed by atoms with E-state index in [1.54, 1.807) is 6.92 Å². The van der Waals surface area contributed by atoms with E-state index in [0.29, 0.717) is 5.56 Å². The van der Waals surface area contributed by atoms with E-state index in [1.165, 1.54) is 42.6 Å². The summed E-state index contributed by atoms with van der Waals surface area (Å²) in [7, 11) is 0. The molecule has 30 heavy (non-hydrogen) atoms. The van der Waals surface area contributed by atoms with Gasteiger partial charge in [-0.05, 0) is 36.8 Å². The summed E-state index contributed by atoms with van der Waals surface area (Å²) in [6.45, 7) is 1.46. The average Bonchev–Trinajstić information content (AvgIpc) is 2.98. The van der Waals surface area contributed by atoms with Crippen LogP contribution in [0, 0.1) is 5.82 Å². The zero-order valence-corrected chi connectivity index (χ0v) is 15.7. The second-order valence-electron chi connectivity index (χ2n) is 6.44. The Balaban J connectivity index is 1.85. The van der Waals surface area contributed by atoms with Crippen molar-refractivity contribution >= 4 is 28.9 Å². The van der Waals surface area contributed by atoms with Crippen molar-refractivity contribution in [3.8, 4) is 11.5 Å². The van der Waals surface area contributed by atoms with Gasteiger partial charge in [-0.3, -0.25) is 19.5 Å². The zero-order chi connectivity index (χ0) is 21.4. The van der Waals surface area contributed by atoms with Gasteiger partial charge in [0, 0.05) is 11.6 Å². The van der Waals surface area contributed by atoms with Crippen LogP contribution in [0.3, 0.4) is 0 Å². The Bertz CT molecular complexity index is 1190. The number of rotatable bonds is 4. The van der Waals surface area contributed by atoms with E-state index in [4.69, 9.17) is 9.47 Å². The highest BCUT2D eigenvalue weighted by molar-refractivity contribution is 6.27. The smallest absolute Gasteiger partial charge is 0.506 e. The van der Waals surface area contributed by atoms with Gasteiger partial charge in [-0.1, -0.05) is 12.1 Å². The maximum atomic E-state index is 13.2. The summed E-state index contributed by atoms with van der Waals surface area (Å²) in [6.07, 6.45) is 0.318. The van der Waals surface area contributed by atoms with Crippen molar-refractivity contribution in [2.45, 2.75) is 13.5 Å². The molecule has 3 aromatic rings. The molecule has 0 bridgehead atoms. The predicted octanol–water partition coefficient (Wildman–Crippen LogP) is 3.41. The molecule has 4 rings (SSSR count). The molecule has 0 radical (unpaired) electrons. The minimum absolute atomic E-state index is 0.0339.